The van der Waals surface area contributed by atoms with E-state index in [0.29, 0.717) is 29.2 Å². The van der Waals surface area contributed by atoms with Crippen LogP contribution in [0.5, 0.6) is 0 Å². The molecule has 0 atom stereocenters. The molecule has 26 heavy (non-hydrogen) atoms. The molecule has 3 rings (SSSR count). The zero-order chi connectivity index (χ0) is 18.5. The minimum absolute atomic E-state index is 0.130. The van der Waals surface area contributed by atoms with Gasteiger partial charge in [-0.25, -0.2) is 13.8 Å². The van der Waals surface area contributed by atoms with Crippen molar-refractivity contribution in [3.8, 4) is 11.3 Å². The lowest BCUT2D eigenvalue weighted by atomic mass is 10.2. The predicted octanol–water partition coefficient (Wildman–Crippen LogP) is 4.21. The second-order valence-corrected chi connectivity index (χ2v) is 5.97. The fourth-order valence-electron chi connectivity index (χ4n) is 2.55. The van der Waals surface area contributed by atoms with Crippen molar-refractivity contribution in [3.63, 3.8) is 0 Å². The lowest BCUT2D eigenvalue weighted by Gasteiger charge is -2.17. The molecule has 0 radical (unpaired) electrons. The Morgan fingerprint density at radius 2 is 1.85 bits per heavy atom. The Balaban J connectivity index is 1.56. The van der Waals surface area contributed by atoms with Gasteiger partial charge in [-0.15, -0.1) is 0 Å². The monoisotopic (exact) mass is 356 g/mol. The van der Waals surface area contributed by atoms with Crippen molar-refractivity contribution in [2.24, 2.45) is 0 Å². The van der Waals surface area contributed by atoms with Crippen molar-refractivity contribution in [2.45, 2.75) is 19.4 Å². The zero-order valence-corrected chi connectivity index (χ0v) is 14.3. The number of aromatic nitrogens is 1. The third kappa shape index (κ3) is 4.33. The summed E-state index contributed by atoms with van der Waals surface area (Å²) in [5.74, 6) is 0.166. The van der Waals surface area contributed by atoms with E-state index in [0.717, 1.165) is 0 Å². The molecule has 0 saturated carbocycles. The Morgan fingerprint density at radius 1 is 1.12 bits per heavy atom. The van der Waals surface area contributed by atoms with Crippen LogP contribution in [0.2, 0.25) is 0 Å². The highest BCUT2D eigenvalue weighted by Gasteiger charge is 2.14. The second-order valence-electron chi connectivity index (χ2n) is 5.97. The van der Waals surface area contributed by atoms with Gasteiger partial charge in [-0.2, -0.15) is 0 Å². The number of hydrogen-bond donors (Lipinski definition) is 0. The number of benzene rings is 2. The van der Waals surface area contributed by atoms with Gasteiger partial charge < -0.3 is 9.32 Å². The molecular weight excluding hydrogens is 338 g/mol. The molecule has 0 unspecified atom stereocenters. The summed E-state index contributed by atoms with van der Waals surface area (Å²) >= 11 is 0. The molecule has 0 aliphatic carbocycles. The molecule has 0 saturated heterocycles. The first-order chi connectivity index (χ1) is 12.5. The Labute approximate surface area is 150 Å². The van der Waals surface area contributed by atoms with E-state index in [4.69, 9.17) is 4.42 Å². The third-order valence-electron chi connectivity index (χ3n) is 4.03. The van der Waals surface area contributed by atoms with Gasteiger partial charge in [0, 0.05) is 37.6 Å². The number of carbonyl (C=O) groups excluding carboxylic acids is 1. The van der Waals surface area contributed by atoms with Crippen molar-refractivity contribution in [1.82, 2.24) is 9.88 Å². The minimum Gasteiger partial charge on any atom is -0.441 e. The summed E-state index contributed by atoms with van der Waals surface area (Å²) in [6.07, 6.45) is 2.09. The SMILES string of the molecule is CN(Cc1ccccc1F)C(=O)CCc1ncc(-c2ccc(F)cc2)o1. The van der Waals surface area contributed by atoms with Crippen LogP contribution in [-0.2, 0) is 17.8 Å². The molecule has 0 spiro atoms. The highest BCUT2D eigenvalue weighted by atomic mass is 19.1. The van der Waals surface area contributed by atoms with Gasteiger partial charge in [0.15, 0.2) is 11.7 Å². The molecule has 0 aliphatic rings. The summed E-state index contributed by atoms with van der Waals surface area (Å²) in [5, 5.41) is 0. The summed E-state index contributed by atoms with van der Waals surface area (Å²) in [5.41, 5.74) is 1.19. The first-order valence-electron chi connectivity index (χ1n) is 8.21. The van der Waals surface area contributed by atoms with E-state index in [1.54, 1.807) is 43.6 Å². The van der Waals surface area contributed by atoms with Gasteiger partial charge in [-0.3, -0.25) is 4.79 Å². The van der Waals surface area contributed by atoms with Crippen molar-refractivity contribution < 1.29 is 18.0 Å². The van der Waals surface area contributed by atoms with E-state index < -0.39 is 0 Å². The van der Waals surface area contributed by atoms with Crippen LogP contribution in [0.1, 0.15) is 17.9 Å². The summed E-state index contributed by atoms with van der Waals surface area (Å²) in [6, 6.07) is 12.3. The van der Waals surface area contributed by atoms with Crippen molar-refractivity contribution in [2.75, 3.05) is 7.05 Å². The lowest BCUT2D eigenvalue weighted by molar-refractivity contribution is -0.130. The van der Waals surface area contributed by atoms with Crippen LogP contribution < -0.4 is 0 Å². The topological polar surface area (TPSA) is 46.3 Å². The molecule has 0 N–H and O–H groups in total. The van der Waals surface area contributed by atoms with Crippen molar-refractivity contribution in [3.05, 3.63) is 77.8 Å². The van der Waals surface area contributed by atoms with E-state index in [1.165, 1.54) is 23.1 Å². The van der Waals surface area contributed by atoms with Crippen LogP contribution in [0.15, 0.2) is 59.1 Å². The quantitative estimate of drug-likeness (QED) is 0.665. The van der Waals surface area contributed by atoms with E-state index in [2.05, 4.69) is 4.98 Å². The Hall–Kier alpha value is -3.02. The van der Waals surface area contributed by atoms with E-state index >= 15 is 0 Å². The predicted molar refractivity (Wildman–Crippen MR) is 93.1 cm³/mol. The number of aryl methyl sites for hydroxylation is 1. The highest BCUT2D eigenvalue weighted by molar-refractivity contribution is 5.76. The summed E-state index contributed by atoms with van der Waals surface area (Å²) < 4.78 is 32.2. The van der Waals surface area contributed by atoms with Gasteiger partial charge in [0.1, 0.15) is 11.6 Å². The molecule has 134 valence electrons. The Bertz CT molecular complexity index is 891. The molecule has 0 aliphatic heterocycles. The molecule has 0 bridgehead atoms. The van der Waals surface area contributed by atoms with E-state index in [1.807, 2.05) is 0 Å². The van der Waals surface area contributed by atoms with Gasteiger partial charge in [-0.05, 0) is 30.3 Å². The lowest BCUT2D eigenvalue weighted by Crippen LogP contribution is -2.26. The number of nitrogens with zero attached hydrogens (tertiary/aromatic N) is 2. The van der Waals surface area contributed by atoms with E-state index in [9.17, 15) is 13.6 Å². The van der Waals surface area contributed by atoms with Crippen LogP contribution >= 0.6 is 0 Å². The largest absolute Gasteiger partial charge is 0.441 e. The Kier molecular flexibility index (Phi) is 5.41. The summed E-state index contributed by atoms with van der Waals surface area (Å²) in [6.45, 7) is 0.206. The number of oxazole rings is 1. The molecule has 2 aromatic carbocycles. The average Bonchev–Trinajstić information content (AvgIpc) is 3.11. The third-order valence-corrected chi connectivity index (χ3v) is 4.03. The van der Waals surface area contributed by atoms with Gasteiger partial charge in [0.2, 0.25) is 5.91 Å². The number of hydrogen-bond acceptors (Lipinski definition) is 3. The molecule has 4 nitrogen and oxygen atoms in total. The molecular formula is C20H18F2N2O2. The highest BCUT2D eigenvalue weighted by Crippen LogP contribution is 2.21. The Morgan fingerprint density at radius 3 is 2.58 bits per heavy atom. The molecule has 6 heteroatoms. The summed E-state index contributed by atoms with van der Waals surface area (Å²) in [7, 11) is 1.63. The van der Waals surface area contributed by atoms with Gasteiger partial charge in [0.25, 0.3) is 0 Å². The molecule has 1 heterocycles. The maximum Gasteiger partial charge on any atom is 0.223 e. The molecule has 1 amide bonds. The van der Waals surface area contributed by atoms with Gasteiger partial charge in [-0.1, -0.05) is 18.2 Å². The van der Waals surface area contributed by atoms with Gasteiger partial charge in [0.05, 0.1) is 6.20 Å². The first kappa shape index (κ1) is 17.8. The average molecular weight is 356 g/mol. The number of amides is 1. The van der Waals surface area contributed by atoms with Crippen LogP contribution in [-0.4, -0.2) is 22.8 Å². The standard InChI is InChI=1S/C20H18F2N2O2/c1-24(13-15-4-2-3-5-17(15)22)20(25)11-10-19-23-12-18(26-19)14-6-8-16(21)9-7-14/h2-9,12H,10-11,13H2,1H3. The fraction of sp³-hybridized carbons (Fsp3) is 0.200. The van der Waals surface area contributed by atoms with Crippen molar-refractivity contribution >= 4 is 5.91 Å². The maximum absolute atomic E-state index is 13.7. The van der Waals surface area contributed by atoms with Crippen LogP contribution in [0.4, 0.5) is 8.78 Å². The zero-order valence-electron chi connectivity index (χ0n) is 14.3. The first-order valence-corrected chi connectivity index (χ1v) is 8.21. The van der Waals surface area contributed by atoms with E-state index in [-0.39, 0.29) is 30.5 Å². The smallest absolute Gasteiger partial charge is 0.223 e. The normalized spacial score (nSPS) is 10.7. The van der Waals surface area contributed by atoms with Gasteiger partial charge >= 0.3 is 0 Å². The molecule has 0 fully saturated rings. The number of rotatable bonds is 6. The second kappa shape index (κ2) is 7.91. The number of carbonyl (C=O) groups is 1. The summed E-state index contributed by atoms with van der Waals surface area (Å²) in [4.78, 5) is 17.9. The van der Waals surface area contributed by atoms with Crippen LogP contribution in [0.25, 0.3) is 11.3 Å². The molecule has 3 aromatic rings. The minimum atomic E-state index is -0.330. The van der Waals surface area contributed by atoms with Crippen molar-refractivity contribution in [1.29, 1.82) is 0 Å². The molecule has 1 aromatic heterocycles. The fourth-order valence-corrected chi connectivity index (χ4v) is 2.55. The number of halogens is 2. The van der Waals surface area contributed by atoms with Crippen LogP contribution in [0.3, 0.4) is 0 Å². The van der Waals surface area contributed by atoms with Crippen LogP contribution in [0, 0.1) is 11.6 Å². The maximum atomic E-state index is 13.7.